The SMILES string of the molecule is CCOc1ccc(C(=O)NC(=S)Nc2nnc(CC)s2)cc1Br. The number of aryl methyl sites for hydroxylation is 1. The molecule has 0 atom stereocenters. The molecule has 9 heteroatoms. The third-order valence-electron chi connectivity index (χ3n) is 2.71. The van der Waals surface area contributed by atoms with Crippen LogP contribution in [0.25, 0.3) is 0 Å². The zero-order valence-corrected chi connectivity index (χ0v) is 15.8. The van der Waals surface area contributed by atoms with Crippen molar-refractivity contribution in [2.24, 2.45) is 0 Å². The van der Waals surface area contributed by atoms with Crippen molar-refractivity contribution in [3.63, 3.8) is 0 Å². The summed E-state index contributed by atoms with van der Waals surface area (Å²) in [5.41, 5.74) is 0.469. The molecule has 2 rings (SSSR count). The maximum Gasteiger partial charge on any atom is 0.257 e. The Morgan fingerprint density at radius 2 is 2.17 bits per heavy atom. The average Bonchev–Trinajstić information content (AvgIpc) is 2.96. The van der Waals surface area contributed by atoms with E-state index in [0.717, 1.165) is 11.4 Å². The molecule has 0 aliphatic heterocycles. The number of thiocarbonyl (C=S) groups is 1. The normalized spacial score (nSPS) is 10.2. The van der Waals surface area contributed by atoms with Crippen molar-refractivity contribution < 1.29 is 9.53 Å². The van der Waals surface area contributed by atoms with E-state index in [0.29, 0.717) is 27.5 Å². The largest absolute Gasteiger partial charge is 0.493 e. The Kier molecular flexibility index (Phi) is 6.43. The van der Waals surface area contributed by atoms with Gasteiger partial charge in [-0.05, 0) is 59.7 Å². The average molecular weight is 415 g/mol. The highest BCUT2D eigenvalue weighted by Crippen LogP contribution is 2.26. The van der Waals surface area contributed by atoms with Gasteiger partial charge in [0.1, 0.15) is 10.8 Å². The molecule has 1 amide bonds. The first-order chi connectivity index (χ1) is 11.0. The van der Waals surface area contributed by atoms with Crippen LogP contribution in [0.2, 0.25) is 0 Å². The van der Waals surface area contributed by atoms with E-state index in [1.54, 1.807) is 18.2 Å². The summed E-state index contributed by atoms with van der Waals surface area (Å²) < 4.78 is 6.12. The number of halogens is 1. The van der Waals surface area contributed by atoms with Crippen molar-refractivity contribution in [1.82, 2.24) is 15.5 Å². The van der Waals surface area contributed by atoms with E-state index in [4.69, 9.17) is 17.0 Å². The minimum absolute atomic E-state index is 0.179. The van der Waals surface area contributed by atoms with E-state index in [9.17, 15) is 4.79 Å². The predicted molar refractivity (Wildman–Crippen MR) is 98.3 cm³/mol. The van der Waals surface area contributed by atoms with Gasteiger partial charge in [-0.15, -0.1) is 10.2 Å². The van der Waals surface area contributed by atoms with Gasteiger partial charge in [0.2, 0.25) is 5.13 Å². The topological polar surface area (TPSA) is 76.1 Å². The Labute approximate surface area is 151 Å². The van der Waals surface area contributed by atoms with Crippen molar-refractivity contribution in [2.75, 3.05) is 11.9 Å². The fourth-order valence-electron chi connectivity index (χ4n) is 1.67. The molecule has 0 radical (unpaired) electrons. The molecule has 0 unspecified atom stereocenters. The molecule has 0 spiro atoms. The predicted octanol–water partition coefficient (Wildman–Crippen LogP) is 3.39. The highest BCUT2D eigenvalue weighted by Gasteiger charge is 2.12. The van der Waals surface area contributed by atoms with Crippen molar-refractivity contribution in [2.45, 2.75) is 20.3 Å². The lowest BCUT2D eigenvalue weighted by Crippen LogP contribution is -2.34. The van der Waals surface area contributed by atoms with Crippen LogP contribution in [0.3, 0.4) is 0 Å². The lowest BCUT2D eigenvalue weighted by molar-refractivity contribution is 0.0977. The van der Waals surface area contributed by atoms with Gasteiger partial charge in [-0.3, -0.25) is 10.1 Å². The van der Waals surface area contributed by atoms with Gasteiger partial charge in [0.15, 0.2) is 5.11 Å². The third kappa shape index (κ3) is 4.95. The summed E-state index contributed by atoms with van der Waals surface area (Å²) in [5.74, 6) is 0.372. The number of aromatic nitrogens is 2. The number of hydrogen-bond donors (Lipinski definition) is 2. The van der Waals surface area contributed by atoms with Crippen LogP contribution in [0.15, 0.2) is 22.7 Å². The number of ether oxygens (including phenoxy) is 1. The van der Waals surface area contributed by atoms with Gasteiger partial charge >= 0.3 is 0 Å². The number of nitrogens with zero attached hydrogens (tertiary/aromatic N) is 2. The number of hydrogen-bond acceptors (Lipinski definition) is 6. The highest BCUT2D eigenvalue weighted by molar-refractivity contribution is 9.10. The van der Waals surface area contributed by atoms with Crippen molar-refractivity contribution in [3.8, 4) is 5.75 Å². The van der Waals surface area contributed by atoms with Gasteiger partial charge in [-0.1, -0.05) is 18.3 Å². The molecule has 2 N–H and O–H groups in total. The molecule has 6 nitrogen and oxygen atoms in total. The van der Waals surface area contributed by atoms with E-state index in [2.05, 4.69) is 36.8 Å². The van der Waals surface area contributed by atoms with Crippen molar-refractivity contribution in [3.05, 3.63) is 33.2 Å². The monoisotopic (exact) mass is 414 g/mol. The maximum absolute atomic E-state index is 12.2. The first-order valence-corrected chi connectivity index (χ1v) is 8.92. The number of anilines is 1. The van der Waals surface area contributed by atoms with Crippen LogP contribution in [0.1, 0.15) is 29.2 Å². The van der Waals surface area contributed by atoms with E-state index >= 15 is 0 Å². The number of carbonyl (C=O) groups is 1. The van der Waals surface area contributed by atoms with Crippen LogP contribution >= 0.6 is 39.5 Å². The molecule has 0 bridgehead atoms. The van der Waals surface area contributed by atoms with Crippen LogP contribution < -0.4 is 15.4 Å². The second-order valence-electron chi connectivity index (χ2n) is 4.34. The number of nitrogens with one attached hydrogen (secondary N) is 2. The minimum Gasteiger partial charge on any atom is -0.493 e. The van der Waals surface area contributed by atoms with Crippen molar-refractivity contribution in [1.29, 1.82) is 0 Å². The Morgan fingerprint density at radius 3 is 2.78 bits per heavy atom. The third-order valence-corrected chi connectivity index (χ3v) is 4.52. The molecular formula is C14H15BrN4O2S2. The molecule has 0 aliphatic carbocycles. The van der Waals surface area contributed by atoms with Gasteiger partial charge in [-0.25, -0.2) is 0 Å². The van der Waals surface area contributed by atoms with E-state index < -0.39 is 0 Å². The molecule has 1 heterocycles. The second-order valence-corrected chi connectivity index (χ2v) is 6.67. The standard InChI is InChI=1S/C14H15BrN4O2S2/c1-3-11-18-19-14(23-11)17-13(22)16-12(20)8-5-6-10(21-4-2)9(15)7-8/h5-7H,3-4H2,1-2H3,(H2,16,17,19,20,22). The number of benzene rings is 1. The first-order valence-electron chi connectivity index (χ1n) is 6.90. The van der Waals surface area contributed by atoms with Crippen LogP contribution in [0.5, 0.6) is 5.75 Å². The molecule has 0 saturated heterocycles. The summed E-state index contributed by atoms with van der Waals surface area (Å²) in [6, 6.07) is 5.09. The molecule has 0 aliphatic rings. The number of rotatable bonds is 5. The zero-order chi connectivity index (χ0) is 16.8. The number of amides is 1. The molecule has 0 saturated carbocycles. The van der Waals surface area contributed by atoms with Gasteiger partial charge in [0, 0.05) is 5.56 Å². The Balaban J connectivity index is 1.98. The molecule has 1 aromatic carbocycles. The van der Waals surface area contributed by atoms with E-state index in [1.807, 2.05) is 13.8 Å². The van der Waals surface area contributed by atoms with Gasteiger partial charge < -0.3 is 10.1 Å². The summed E-state index contributed by atoms with van der Waals surface area (Å²) in [5, 5.41) is 15.0. The Morgan fingerprint density at radius 1 is 1.39 bits per heavy atom. The van der Waals surface area contributed by atoms with Gasteiger partial charge in [0.05, 0.1) is 11.1 Å². The summed E-state index contributed by atoms with van der Waals surface area (Å²) in [7, 11) is 0. The zero-order valence-electron chi connectivity index (χ0n) is 12.6. The summed E-state index contributed by atoms with van der Waals surface area (Å²) in [6.45, 7) is 4.45. The molecule has 23 heavy (non-hydrogen) atoms. The maximum atomic E-state index is 12.2. The van der Waals surface area contributed by atoms with Crippen LogP contribution in [-0.2, 0) is 6.42 Å². The number of carbonyl (C=O) groups excluding carboxylic acids is 1. The molecular weight excluding hydrogens is 400 g/mol. The Hall–Kier alpha value is -1.58. The smallest absolute Gasteiger partial charge is 0.257 e. The molecule has 122 valence electrons. The lowest BCUT2D eigenvalue weighted by Gasteiger charge is -2.09. The fourth-order valence-corrected chi connectivity index (χ4v) is 3.10. The van der Waals surface area contributed by atoms with E-state index in [-0.39, 0.29) is 11.0 Å². The molecule has 1 aromatic heterocycles. The van der Waals surface area contributed by atoms with Gasteiger partial charge in [-0.2, -0.15) is 0 Å². The highest BCUT2D eigenvalue weighted by atomic mass is 79.9. The van der Waals surface area contributed by atoms with Crippen LogP contribution in [0, 0.1) is 0 Å². The van der Waals surface area contributed by atoms with E-state index in [1.165, 1.54) is 11.3 Å². The minimum atomic E-state index is -0.313. The quantitative estimate of drug-likeness (QED) is 0.730. The summed E-state index contributed by atoms with van der Waals surface area (Å²) in [6.07, 6.45) is 0.804. The first kappa shape index (κ1) is 17.8. The van der Waals surface area contributed by atoms with Crippen LogP contribution in [-0.4, -0.2) is 27.8 Å². The summed E-state index contributed by atoms with van der Waals surface area (Å²) in [4.78, 5) is 12.2. The molecule has 2 aromatic rings. The second kappa shape index (κ2) is 8.32. The Bertz CT molecular complexity index is 721. The molecule has 0 fully saturated rings. The van der Waals surface area contributed by atoms with Gasteiger partial charge in [0.25, 0.3) is 5.91 Å². The van der Waals surface area contributed by atoms with Crippen LogP contribution in [0.4, 0.5) is 5.13 Å². The lowest BCUT2D eigenvalue weighted by atomic mass is 10.2. The summed E-state index contributed by atoms with van der Waals surface area (Å²) >= 11 is 9.89. The fraction of sp³-hybridized carbons (Fsp3) is 0.286. The van der Waals surface area contributed by atoms with Crippen molar-refractivity contribution >= 4 is 55.6 Å².